The van der Waals surface area contributed by atoms with Crippen LogP contribution in [0.2, 0.25) is 0 Å². The third kappa shape index (κ3) is 7.52. The molecule has 0 saturated carbocycles. The van der Waals surface area contributed by atoms with Gasteiger partial charge < -0.3 is 4.90 Å². The van der Waals surface area contributed by atoms with Crippen molar-refractivity contribution in [2.45, 2.75) is 78.1 Å². The first-order valence-corrected chi connectivity index (χ1v) is 10.1. The highest BCUT2D eigenvalue weighted by atomic mass is 15.1. The Morgan fingerprint density at radius 1 is 0.826 bits per heavy atom. The van der Waals surface area contributed by atoms with Crippen LogP contribution in [0.4, 0.5) is 0 Å². The molecule has 0 N–H and O–H groups in total. The summed E-state index contributed by atoms with van der Waals surface area (Å²) in [5, 5.41) is 0. The van der Waals surface area contributed by atoms with E-state index in [1.165, 1.54) is 95.0 Å². The van der Waals surface area contributed by atoms with Crippen LogP contribution in [-0.2, 0) is 12.8 Å². The number of aryl methyl sites for hydroxylation is 1. The average Bonchev–Trinajstić information content (AvgIpc) is 2.58. The highest BCUT2D eigenvalue weighted by Gasteiger charge is 2.14. The highest BCUT2D eigenvalue weighted by Crippen LogP contribution is 2.17. The van der Waals surface area contributed by atoms with E-state index in [1.807, 2.05) is 0 Å². The van der Waals surface area contributed by atoms with Crippen LogP contribution in [0.15, 0.2) is 24.3 Å². The maximum atomic E-state index is 2.64. The quantitative estimate of drug-likeness (QED) is 0.488. The van der Waals surface area contributed by atoms with Gasteiger partial charge in [-0.25, -0.2) is 0 Å². The molecule has 23 heavy (non-hydrogen) atoms. The second kappa shape index (κ2) is 10.9. The molecule has 1 fully saturated rings. The molecule has 1 heteroatoms. The van der Waals surface area contributed by atoms with E-state index < -0.39 is 0 Å². The van der Waals surface area contributed by atoms with Crippen LogP contribution in [0, 0.1) is 5.92 Å². The molecular formula is C22H37N. The fourth-order valence-corrected chi connectivity index (χ4v) is 3.55. The van der Waals surface area contributed by atoms with E-state index in [0.29, 0.717) is 0 Å². The molecule has 1 heterocycles. The Kier molecular flexibility index (Phi) is 8.74. The van der Waals surface area contributed by atoms with Crippen LogP contribution in [0.5, 0.6) is 0 Å². The smallest absolute Gasteiger partial charge is 0.00218 e. The molecule has 0 bridgehead atoms. The molecule has 2 rings (SSSR count). The molecule has 1 aromatic rings. The molecule has 0 unspecified atom stereocenters. The zero-order valence-electron chi connectivity index (χ0n) is 15.5. The first-order valence-electron chi connectivity index (χ1n) is 10.1. The van der Waals surface area contributed by atoms with Crippen molar-refractivity contribution >= 4 is 0 Å². The van der Waals surface area contributed by atoms with Gasteiger partial charge in [-0.3, -0.25) is 0 Å². The Morgan fingerprint density at radius 3 is 2.04 bits per heavy atom. The number of hydrogen-bond donors (Lipinski definition) is 0. The molecule has 1 aliphatic heterocycles. The maximum Gasteiger partial charge on any atom is 0.00218 e. The summed E-state index contributed by atoms with van der Waals surface area (Å²) in [5.41, 5.74) is 3.03. The highest BCUT2D eigenvalue weighted by molar-refractivity contribution is 5.22. The summed E-state index contributed by atoms with van der Waals surface area (Å²) in [5.74, 6) is 0.938. The van der Waals surface area contributed by atoms with Crippen molar-refractivity contribution in [2.75, 3.05) is 19.6 Å². The van der Waals surface area contributed by atoms with Crippen molar-refractivity contribution in [3.63, 3.8) is 0 Å². The molecule has 1 aliphatic rings. The lowest BCUT2D eigenvalue weighted by atomic mass is 9.98. The van der Waals surface area contributed by atoms with Gasteiger partial charge in [0, 0.05) is 6.54 Å². The minimum atomic E-state index is 0.938. The standard InChI is InChI=1S/C22H37N/c1-3-4-5-6-7-8-9-21-10-12-22(13-11-21)16-19-23-17-14-20(2)15-18-23/h10-13,20H,3-9,14-19H2,1-2H3. The minimum Gasteiger partial charge on any atom is -0.303 e. The third-order valence-corrected chi connectivity index (χ3v) is 5.43. The number of unbranched alkanes of at least 4 members (excludes halogenated alkanes) is 5. The van der Waals surface area contributed by atoms with Gasteiger partial charge in [0.25, 0.3) is 0 Å². The van der Waals surface area contributed by atoms with Crippen LogP contribution in [-0.4, -0.2) is 24.5 Å². The number of rotatable bonds is 10. The molecular weight excluding hydrogens is 278 g/mol. The van der Waals surface area contributed by atoms with Gasteiger partial charge in [0.1, 0.15) is 0 Å². The van der Waals surface area contributed by atoms with E-state index in [0.717, 1.165) is 5.92 Å². The van der Waals surface area contributed by atoms with Gasteiger partial charge in [-0.1, -0.05) is 70.2 Å². The third-order valence-electron chi connectivity index (χ3n) is 5.43. The van der Waals surface area contributed by atoms with Crippen LogP contribution >= 0.6 is 0 Å². The van der Waals surface area contributed by atoms with E-state index in [2.05, 4.69) is 43.0 Å². The molecule has 0 radical (unpaired) electrons. The van der Waals surface area contributed by atoms with Gasteiger partial charge in [-0.2, -0.15) is 0 Å². The maximum absolute atomic E-state index is 2.64. The number of likely N-dealkylation sites (tertiary alicyclic amines) is 1. The van der Waals surface area contributed by atoms with Gasteiger partial charge in [0.05, 0.1) is 0 Å². The molecule has 0 aliphatic carbocycles. The van der Waals surface area contributed by atoms with Crippen LogP contribution in [0.1, 0.15) is 76.3 Å². The van der Waals surface area contributed by atoms with Crippen molar-refractivity contribution in [1.29, 1.82) is 0 Å². The second-order valence-corrected chi connectivity index (χ2v) is 7.61. The van der Waals surface area contributed by atoms with E-state index in [1.54, 1.807) is 0 Å². The predicted octanol–water partition coefficient (Wildman–Crippen LogP) is 5.86. The van der Waals surface area contributed by atoms with Gasteiger partial charge in [-0.05, 0) is 62.2 Å². The Balaban J connectivity index is 1.60. The van der Waals surface area contributed by atoms with Crippen molar-refractivity contribution in [3.8, 4) is 0 Å². The van der Waals surface area contributed by atoms with Crippen LogP contribution < -0.4 is 0 Å². The van der Waals surface area contributed by atoms with E-state index >= 15 is 0 Å². The summed E-state index contributed by atoms with van der Waals surface area (Å²) in [6.45, 7) is 8.52. The molecule has 0 spiro atoms. The molecule has 0 aromatic heterocycles. The molecule has 0 atom stereocenters. The fraction of sp³-hybridized carbons (Fsp3) is 0.727. The first-order chi connectivity index (χ1) is 11.3. The predicted molar refractivity (Wildman–Crippen MR) is 102 cm³/mol. The Bertz CT molecular complexity index is 400. The Morgan fingerprint density at radius 2 is 1.39 bits per heavy atom. The lowest BCUT2D eigenvalue weighted by Gasteiger charge is -2.30. The largest absolute Gasteiger partial charge is 0.303 e. The molecule has 0 amide bonds. The zero-order valence-corrected chi connectivity index (χ0v) is 15.5. The summed E-state index contributed by atoms with van der Waals surface area (Å²) >= 11 is 0. The van der Waals surface area contributed by atoms with E-state index in [9.17, 15) is 0 Å². The van der Waals surface area contributed by atoms with E-state index in [-0.39, 0.29) is 0 Å². The van der Waals surface area contributed by atoms with Crippen molar-refractivity contribution in [1.82, 2.24) is 4.90 Å². The lowest BCUT2D eigenvalue weighted by molar-refractivity contribution is 0.194. The summed E-state index contributed by atoms with van der Waals surface area (Å²) in [7, 11) is 0. The van der Waals surface area contributed by atoms with Crippen LogP contribution in [0.25, 0.3) is 0 Å². The molecule has 1 aromatic carbocycles. The van der Waals surface area contributed by atoms with Gasteiger partial charge in [0.15, 0.2) is 0 Å². The van der Waals surface area contributed by atoms with Gasteiger partial charge in [0.2, 0.25) is 0 Å². The number of nitrogens with zero attached hydrogens (tertiary/aromatic N) is 1. The van der Waals surface area contributed by atoms with Gasteiger partial charge in [-0.15, -0.1) is 0 Å². The summed E-state index contributed by atoms with van der Waals surface area (Å²) < 4.78 is 0. The van der Waals surface area contributed by atoms with E-state index in [4.69, 9.17) is 0 Å². The fourth-order valence-electron chi connectivity index (χ4n) is 3.55. The summed E-state index contributed by atoms with van der Waals surface area (Å²) in [6, 6.07) is 9.44. The second-order valence-electron chi connectivity index (χ2n) is 7.61. The van der Waals surface area contributed by atoms with Crippen molar-refractivity contribution in [3.05, 3.63) is 35.4 Å². The normalized spacial score (nSPS) is 16.8. The summed E-state index contributed by atoms with van der Waals surface area (Å²) in [4.78, 5) is 2.64. The number of hydrogen-bond acceptors (Lipinski definition) is 1. The SMILES string of the molecule is CCCCCCCCc1ccc(CCN2CCC(C)CC2)cc1. The molecule has 1 saturated heterocycles. The molecule has 1 nitrogen and oxygen atoms in total. The van der Waals surface area contributed by atoms with Crippen molar-refractivity contribution in [2.24, 2.45) is 5.92 Å². The zero-order chi connectivity index (χ0) is 16.3. The first kappa shape index (κ1) is 18.5. The van der Waals surface area contributed by atoms with Crippen LogP contribution in [0.3, 0.4) is 0 Å². The number of benzene rings is 1. The average molecular weight is 316 g/mol. The summed E-state index contributed by atoms with van der Waals surface area (Å²) in [6.07, 6.45) is 13.6. The van der Waals surface area contributed by atoms with Gasteiger partial charge >= 0.3 is 0 Å². The molecule has 130 valence electrons. The van der Waals surface area contributed by atoms with Crippen molar-refractivity contribution < 1.29 is 0 Å². The Hall–Kier alpha value is -0.820. The minimum absolute atomic E-state index is 0.938. The topological polar surface area (TPSA) is 3.24 Å². The number of piperidine rings is 1. The monoisotopic (exact) mass is 315 g/mol. The lowest BCUT2D eigenvalue weighted by Crippen LogP contribution is -2.34. The Labute approximate surface area is 144 Å².